The Balaban J connectivity index is 2.37. The van der Waals surface area contributed by atoms with E-state index in [0.29, 0.717) is 13.2 Å². The number of halogens is 1. The van der Waals surface area contributed by atoms with Crippen molar-refractivity contribution in [1.29, 1.82) is 5.26 Å². The van der Waals surface area contributed by atoms with E-state index in [1.54, 1.807) is 12.1 Å². The van der Waals surface area contributed by atoms with E-state index in [-0.39, 0.29) is 5.82 Å². The zero-order valence-electron chi connectivity index (χ0n) is 8.37. The highest BCUT2D eigenvalue weighted by atomic mass is 19.1. The van der Waals surface area contributed by atoms with Gasteiger partial charge in [0.1, 0.15) is 11.2 Å². The molecule has 1 aliphatic heterocycles. The molecule has 2 nitrogen and oxygen atoms in total. The highest BCUT2D eigenvalue weighted by Gasteiger charge is 2.35. The van der Waals surface area contributed by atoms with Crippen molar-refractivity contribution >= 4 is 0 Å². The SMILES string of the molecule is N#CC1(c2cccc(F)c2)CCCOC1. The van der Waals surface area contributed by atoms with Gasteiger partial charge in [-0.3, -0.25) is 0 Å². The second-order valence-electron chi connectivity index (χ2n) is 3.86. The highest BCUT2D eigenvalue weighted by molar-refractivity contribution is 5.33. The molecule has 3 heteroatoms. The number of benzene rings is 1. The number of hydrogen-bond donors (Lipinski definition) is 0. The van der Waals surface area contributed by atoms with Gasteiger partial charge in [0.15, 0.2) is 0 Å². The van der Waals surface area contributed by atoms with Gasteiger partial charge in [-0.25, -0.2) is 4.39 Å². The van der Waals surface area contributed by atoms with Crippen molar-refractivity contribution < 1.29 is 9.13 Å². The molecule has 0 aliphatic carbocycles. The van der Waals surface area contributed by atoms with Gasteiger partial charge in [-0.2, -0.15) is 5.26 Å². The van der Waals surface area contributed by atoms with Crippen LogP contribution in [-0.2, 0) is 10.2 Å². The first-order valence-electron chi connectivity index (χ1n) is 5.02. The van der Waals surface area contributed by atoms with Crippen molar-refractivity contribution in [2.75, 3.05) is 13.2 Å². The van der Waals surface area contributed by atoms with Gasteiger partial charge in [0.25, 0.3) is 0 Å². The van der Waals surface area contributed by atoms with Crippen LogP contribution in [-0.4, -0.2) is 13.2 Å². The topological polar surface area (TPSA) is 33.0 Å². The van der Waals surface area contributed by atoms with Gasteiger partial charge in [-0.05, 0) is 30.5 Å². The van der Waals surface area contributed by atoms with Crippen LogP contribution in [0.3, 0.4) is 0 Å². The number of rotatable bonds is 1. The first kappa shape index (κ1) is 10.1. The van der Waals surface area contributed by atoms with Gasteiger partial charge >= 0.3 is 0 Å². The average Bonchev–Trinajstić information content (AvgIpc) is 2.30. The molecule has 1 unspecified atom stereocenters. The summed E-state index contributed by atoms with van der Waals surface area (Å²) in [6.07, 6.45) is 1.59. The van der Waals surface area contributed by atoms with Gasteiger partial charge in [-0.1, -0.05) is 12.1 Å². The van der Waals surface area contributed by atoms with Crippen molar-refractivity contribution in [3.05, 3.63) is 35.6 Å². The van der Waals surface area contributed by atoms with Crippen LogP contribution in [0, 0.1) is 17.1 Å². The largest absolute Gasteiger partial charge is 0.379 e. The molecule has 0 N–H and O–H groups in total. The molecule has 1 aromatic rings. The van der Waals surface area contributed by atoms with Crippen molar-refractivity contribution in [2.45, 2.75) is 18.3 Å². The molecule has 78 valence electrons. The molecule has 0 saturated carbocycles. The van der Waals surface area contributed by atoms with Crippen molar-refractivity contribution in [3.63, 3.8) is 0 Å². The molecular weight excluding hydrogens is 193 g/mol. The fraction of sp³-hybridized carbons (Fsp3) is 0.417. The minimum atomic E-state index is -0.652. The third-order valence-electron chi connectivity index (χ3n) is 2.83. The first-order valence-corrected chi connectivity index (χ1v) is 5.02. The van der Waals surface area contributed by atoms with Gasteiger partial charge < -0.3 is 4.74 Å². The van der Waals surface area contributed by atoms with E-state index in [4.69, 9.17) is 4.74 Å². The van der Waals surface area contributed by atoms with E-state index < -0.39 is 5.41 Å². The van der Waals surface area contributed by atoms with Crippen molar-refractivity contribution in [3.8, 4) is 6.07 Å². The predicted molar refractivity (Wildman–Crippen MR) is 53.7 cm³/mol. The lowest BCUT2D eigenvalue weighted by Gasteiger charge is -2.30. The average molecular weight is 205 g/mol. The summed E-state index contributed by atoms with van der Waals surface area (Å²) in [5, 5.41) is 9.23. The van der Waals surface area contributed by atoms with E-state index in [1.807, 2.05) is 0 Å². The fourth-order valence-electron chi connectivity index (χ4n) is 1.96. The van der Waals surface area contributed by atoms with E-state index >= 15 is 0 Å². The number of ether oxygens (including phenoxy) is 1. The Bertz CT molecular complexity index is 391. The van der Waals surface area contributed by atoms with Crippen LogP contribution in [0.4, 0.5) is 4.39 Å². The maximum Gasteiger partial charge on any atom is 0.123 e. The highest BCUT2D eigenvalue weighted by Crippen LogP contribution is 2.32. The summed E-state index contributed by atoms with van der Waals surface area (Å²) in [5.41, 5.74) is 0.0741. The van der Waals surface area contributed by atoms with E-state index in [9.17, 15) is 9.65 Å². The molecular formula is C12H12FNO. The van der Waals surface area contributed by atoms with Crippen LogP contribution >= 0.6 is 0 Å². The first-order chi connectivity index (χ1) is 7.27. The van der Waals surface area contributed by atoms with Crippen LogP contribution in [0.5, 0.6) is 0 Å². The van der Waals surface area contributed by atoms with Crippen LogP contribution in [0.1, 0.15) is 18.4 Å². The molecule has 0 spiro atoms. The van der Waals surface area contributed by atoms with Crippen LogP contribution < -0.4 is 0 Å². The Kier molecular flexibility index (Phi) is 2.70. The summed E-state index contributed by atoms with van der Waals surface area (Å²) < 4.78 is 18.4. The minimum Gasteiger partial charge on any atom is -0.379 e. The summed E-state index contributed by atoms with van der Waals surface area (Å²) in [6, 6.07) is 8.51. The van der Waals surface area contributed by atoms with Crippen molar-refractivity contribution in [1.82, 2.24) is 0 Å². The summed E-state index contributed by atoms with van der Waals surface area (Å²) in [7, 11) is 0. The lowest BCUT2D eigenvalue weighted by atomic mass is 9.77. The maximum absolute atomic E-state index is 13.1. The second kappa shape index (κ2) is 4.00. The van der Waals surface area contributed by atoms with Gasteiger partial charge in [-0.15, -0.1) is 0 Å². The third kappa shape index (κ3) is 1.86. The van der Waals surface area contributed by atoms with E-state index in [1.165, 1.54) is 12.1 Å². The van der Waals surface area contributed by atoms with Crippen LogP contribution in [0.2, 0.25) is 0 Å². The molecule has 1 heterocycles. The van der Waals surface area contributed by atoms with Gasteiger partial charge in [0, 0.05) is 6.61 Å². The number of hydrogen-bond acceptors (Lipinski definition) is 2. The molecule has 0 amide bonds. The lowest BCUT2D eigenvalue weighted by molar-refractivity contribution is 0.0562. The molecule has 2 rings (SSSR count). The molecule has 1 fully saturated rings. The van der Waals surface area contributed by atoms with E-state index in [2.05, 4.69) is 6.07 Å². The fourth-order valence-corrected chi connectivity index (χ4v) is 1.96. The Morgan fingerprint density at radius 1 is 1.47 bits per heavy atom. The standard InChI is InChI=1S/C12H12FNO/c13-11-4-1-3-10(7-11)12(8-14)5-2-6-15-9-12/h1,3-4,7H,2,5-6,9H2. The summed E-state index contributed by atoms with van der Waals surface area (Å²) >= 11 is 0. The molecule has 0 bridgehead atoms. The summed E-state index contributed by atoms with van der Waals surface area (Å²) in [5.74, 6) is -0.298. The monoisotopic (exact) mass is 205 g/mol. The van der Waals surface area contributed by atoms with Gasteiger partial charge in [0.05, 0.1) is 12.7 Å². The lowest BCUT2D eigenvalue weighted by Crippen LogP contribution is -2.34. The maximum atomic E-state index is 13.1. The molecule has 1 aromatic carbocycles. The molecule has 0 aromatic heterocycles. The molecule has 15 heavy (non-hydrogen) atoms. The Hall–Kier alpha value is -1.40. The molecule has 1 saturated heterocycles. The Morgan fingerprint density at radius 3 is 2.93 bits per heavy atom. The Labute approximate surface area is 88.3 Å². The smallest absolute Gasteiger partial charge is 0.123 e. The van der Waals surface area contributed by atoms with E-state index in [0.717, 1.165) is 18.4 Å². The second-order valence-corrected chi connectivity index (χ2v) is 3.86. The van der Waals surface area contributed by atoms with Crippen LogP contribution in [0.25, 0.3) is 0 Å². The normalized spacial score (nSPS) is 25.9. The molecule has 1 aliphatic rings. The van der Waals surface area contributed by atoms with Gasteiger partial charge in [0.2, 0.25) is 0 Å². The predicted octanol–water partition coefficient (Wildman–Crippen LogP) is 2.40. The minimum absolute atomic E-state index is 0.298. The zero-order valence-corrected chi connectivity index (χ0v) is 8.37. The zero-order chi connectivity index (χ0) is 10.7. The van der Waals surface area contributed by atoms with Crippen molar-refractivity contribution in [2.24, 2.45) is 0 Å². The summed E-state index contributed by atoms with van der Waals surface area (Å²) in [4.78, 5) is 0. The molecule has 1 atom stereocenters. The Morgan fingerprint density at radius 2 is 2.33 bits per heavy atom. The van der Waals surface area contributed by atoms with Crippen LogP contribution in [0.15, 0.2) is 24.3 Å². The molecule has 0 radical (unpaired) electrons. The third-order valence-corrected chi connectivity index (χ3v) is 2.83. The summed E-state index contributed by atoms with van der Waals surface area (Å²) in [6.45, 7) is 1.06. The number of nitriles is 1. The quantitative estimate of drug-likeness (QED) is 0.705. The number of nitrogens with zero attached hydrogens (tertiary/aromatic N) is 1.